The topological polar surface area (TPSA) is 79.7 Å². The molecule has 0 radical (unpaired) electrons. The first-order valence-electron chi connectivity index (χ1n) is 7.55. The molecule has 0 saturated carbocycles. The van der Waals surface area contributed by atoms with Crippen molar-refractivity contribution in [1.29, 1.82) is 0 Å². The van der Waals surface area contributed by atoms with Gasteiger partial charge in [-0.3, -0.25) is 9.59 Å². The highest BCUT2D eigenvalue weighted by atomic mass is 35.5. The van der Waals surface area contributed by atoms with Crippen LogP contribution in [0.1, 0.15) is 16.8 Å². The van der Waals surface area contributed by atoms with E-state index in [0.717, 1.165) is 0 Å². The largest absolute Gasteiger partial charge is 0.481 e. The number of pyridine rings is 1. The molecule has 2 aromatic rings. The van der Waals surface area contributed by atoms with E-state index >= 15 is 0 Å². The lowest BCUT2D eigenvalue weighted by Crippen LogP contribution is -2.30. The Morgan fingerprint density at radius 3 is 2.68 bits per heavy atom. The molecular weight excluding hydrogens is 367 g/mol. The number of carboxylic acids is 1. The smallest absolute Gasteiger partial charge is 0.308 e. The van der Waals surface area contributed by atoms with Gasteiger partial charge in [-0.25, -0.2) is 4.98 Å². The van der Waals surface area contributed by atoms with E-state index in [9.17, 15) is 9.59 Å². The molecule has 1 amide bonds. The molecule has 3 rings (SSSR count). The molecule has 0 aliphatic carbocycles. The van der Waals surface area contributed by atoms with Gasteiger partial charge in [0.05, 0.1) is 16.5 Å². The van der Waals surface area contributed by atoms with Gasteiger partial charge in [0.25, 0.3) is 5.91 Å². The maximum atomic E-state index is 12.4. The average Bonchev–Trinajstić information content (AvgIpc) is 3.09. The fourth-order valence-corrected chi connectivity index (χ4v) is 2.90. The van der Waals surface area contributed by atoms with Crippen LogP contribution in [0.5, 0.6) is 11.6 Å². The van der Waals surface area contributed by atoms with Crippen LogP contribution in [0, 0.1) is 5.92 Å². The van der Waals surface area contributed by atoms with Gasteiger partial charge in [0.2, 0.25) is 5.88 Å². The van der Waals surface area contributed by atoms with Crippen molar-refractivity contribution in [3.05, 3.63) is 52.1 Å². The van der Waals surface area contributed by atoms with Gasteiger partial charge in [-0.2, -0.15) is 0 Å². The first-order valence-corrected chi connectivity index (χ1v) is 8.31. The Hall–Kier alpha value is -2.31. The number of ether oxygens (including phenoxy) is 1. The number of aliphatic carboxylic acids is 1. The maximum absolute atomic E-state index is 12.4. The minimum atomic E-state index is -0.879. The molecule has 130 valence electrons. The fraction of sp³-hybridized carbons (Fsp3) is 0.235. The summed E-state index contributed by atoms with van der Waals surface area (Å²) in [7, 11) is 0. The number of likely N-dealkylation sites (tertiary alicyclic amines) is 1. The number of nitrogens with zero attached hydrogens (tertiary/aromatic N) is 2. The SMILES string of the molecule is O=C(O)[C@H]1CCN(C(=O)c2ccc(Oc3cccc(Cl)c3Cl)nc2)C1. The molecule has 0 bridgehead atoms. The van der Waals surface area contributed by atoms with Crippen LogP contribution in [0.25, 0.3) is 0 Å². The van der Waals surface area contributed by atoms with E-state index in [2.05, 4.69) is 4.98 Å². The van der Waals surface area contributed by atoms with E-state index in [0.29, 0.717) is 29.3 Å². The van der Waals surface area contributed by atoms with Crippen LogP contribution in [-0.2, 0) is 4.79 Å². The molecule has 1 aliphatic rings. The van der Waals surface area contributed by atoms with Crippen LogP contribution in [-0.4, -0.2) is 40.0 Å². The number of amides is 1. The lowest BCUT2D eigenvalue weighted by Gasteiger charge is -2.15. The molecule has 0 unspecified atom stereocenters. The molecule has 25 heavy (non-hydrogen) atoms. The number of carboxylic acid groups (broad SMARTS) is 1. The molecule has 1 N–H and O–H groups in total. The Bertz CT molecular complexity index is 811. The summed E-state index contributed by atoms with van der Waals surface area (Å²) >= 11 is 12.0. The van der Waals surface area contributed by atoms with Crippen molar-refractivity contribution >= 4 is 35.1 Å². The van der Waals surface area contributed by atoms with Crippen LogP contribution in [0.4, 0.5) is 0 Å². The summed E-state index contributed by atoms with van der Waals surface area (Å²) in [4.78, 5) is 29.0. The second kappa shape index (κ2) is 7.29. The quantitative estimate of drug-likeness (QED) is 0.873. The maximum Gasteiger partial charge on any atom is 0.308 e. The molecule has 1 atom stereocenters. The van der Waals surface area contributed by atoms with Gasteiger partial charge < -0.3 is 14.7 Å². The normalized spacial score (nSPS) is 16.7. The number of halogens is 2. The molecule has 1 saturated heterocycles. The molecule has 1 aromatic carbocycles. The Labute approximate surface area is 153 Å². The third-order valence-electron chi connectivity index (χ3n) is 3.94. The third-order valence-corrected chi connectivity index (χ3v) is 4.74. The standard InChI is InChI=1S/C17H14Cl2N2O4/c18-12-2-1-3-13(15(12)19)25-14-5-4-10(8-20-14)16(22)21-7-6-11(9-21)17(23)24/h1-5,8,11H,6-7,9H2,(H,23,24)/t11-/m0/s1. The number of benzene rings is 1. The molecule has 0 spiro atoms. The highest BCUT2D eigenvalue weighted by molar-refractivity contribution is 6.42. The van der Waals surface area contributed by atoms with E-state index in [1.54, 1.807) is 30.3 Å². The van der Waals surface area contributed by atoms with Crippen molar-refractivity contribution in [2.75, 3.05) is 13.1 Å². The number of aromatic nitrogens is 1. The second-order valence-corrected chi connectivity index (χ2v) is 6.40. The molecule has 8 heteroatoms. The van der Waals surface area contributed by atoms with Gasteiger partial charge in [0.1, 0.15) is 10.8 Å². The van der Waals surface area contributed by atoms with E-state index in [-0.39, 0.29) is 23.4 Å². The van der Waals surface area contributed by atoms with Crippen molar-refractivity contribution in [2.24, 2.45) is 5.92 Å². The second-order valence-electron chi connectivity index (χ2n) is 5.61. The van der Waals surface area contributed by atoms with Crippen LogP contribution >= 0.6 is 23.2 Å². The lowest BCUT2D eigenvalue weighted by atomic mass is 10.1. The number of carbonyl (C=O) groups excluding carboxylic acids is 1. The van der Waals surface area contributed by atoms with Crippen molar-refractivity contribution in [3.8, 4) is 11.6 Å². The van der Waals surface area contributed by atoms with Crippen LogP contribution in [0.15, 0.2) is 36.5 Å². The highest BCUT2D eigenvalue weighted by Gasteiger charge is 2.31. The number of hydrogen-bond donors (Lipinski definition) is 1. The van der Waals surface area contributed by atoms with Crippen LogP contribution in [0.2, 0.25) is 10.0 Å². The van der Waals surface area contributed by atoms with E-state index in [1.807, 2.05) is 0 Å². The lowest BCUT2D eigenvalue weighted by molar-refractivity contribution is -0.141. The molecule has 1 aliphatic heterocycles. The van der Waals surface area contributed by atoms with Gasteiger partial charge in [-0.1, -0.05) is 29.3 Å². The van der Waals surface area contributed by atoms with Crippen molar-refractivity contribution < 1.29 is 19.4 Å². The van der Waals surface area contributed by atoms with E-state index in [1.165, 1.54) is 11.1 Å². The zero-order valence-electron chi connectivity index (χ0n) is 13.0. The Morgan fingerprint density at radius 2 is 2.04 bits per heavy atom. The summed E-state index contributed by atoms with van der Waals surface area (Å²) in [5, 5.41) is 9.66. The van der Waals surface area contributed by atoms with Gasteiger partial charge in [-0.15, -0.1) is 0 Å². The van der Waals surface area contributed by atoms with E-state index < -0.39 is 11.9 Å². The zero-order valence-corrected chi connectivity index (χ0v) is 14.5. The van der Waals surface area contributed by atoms with Gasteiger partial charge in [0, 0.05) is 25.4 Å². The fourth-order valence-electron chi connectivity index (χ4n) is 2.57. The van der Waals surface area contributed by atoms with E-state index in [4.69, 9.17) is 33.0 Å². The Balaban J connectivity index is 1.69. The van der Waals surface area contributed by atoms with Crippen molar-refractivity contribution in [3.63, 3.8) is 0 Å². The Morgan fingerprint density at radius 1 is 1.24 bits per heavy atom. The molecule has 1 fully saturated rings. The monoisotopic (exact) mass is 380 g/mol. The number of rotatable bonds is 4. The molecular formula is C17H14Cl2N2O4. The minimum Gasteiger partial charge on any atom is -0.481 e. The van der Waals surface area contributed by atoms with Crippen molar-refractivity contribution in [1.82, 2.24) is 9.88 Å². The van der Waals surface area contributed by atoms with Gasteiger partial charge in [0.15, 0.2) is 0 Å². The third kappa shape index (κ3) is 3.86. The highest BCUT2D eigenvalue weighted by Crippen LogP contribution is 2.34. The predicted molar refractivity (Wildman–Crippen MR) is 92.4 cm³/mol. The summed E-state index contributed by atoms with van der Waals surface area (Å²) in [5.74, 6) is -1.00. The van der Waals surface area contributed by atoms with Gasteiger partial charge >= 0.3 is 5.97 Å². The van der Waals surface area contributed by atoms with Crippen LogP contribution in [0.3, 0.4) is 0 Å². The summed E-state index contributed by atoms with van der Waals surface area (Å²) in [6, 6.07) is 8.14. The number of carbonyl (C=O) groups is 2. The number of hydrogen-bond acceptors (Lipinski definition) is 4. The molecule has 1 aromatic heterocycles. The van der Waals surface area contributed by atoms with Crippen molar-refractivity contribution in [2.45, 2.75) is 6.42 Å². The predicted octanol–water partition coefficient (Wildman–Crippen LogP) is 3.73. The van der Waals surface area contributed by atoms with Gasteiger partial charge in [-0.05, 0) is 24.6 Å². The molecule has 2 heterocycles. The average molecular weight is 381 g/mol. The summed E-state index contributed by atoms with van der Waals surface area (Å²) < 4.78 is 5.57. The van der Waals surface area contributed by atoms with Crippen LogP contribution < -0.4 is 4.74 Å². The molecule has 6 nitrogen and oxygen atoms in total. The zero-order chi connectivity index (χ0) is 18.0. The summed E-state index contributed by atoms with van der Waals surface area (Å²) in [6.45, 7) is 0.636. The minimum absolute atomic E-state index is 0.213. The summed E-state index contributed by atoms with van der Waals surface area (Å²) in [6.07, 6.45) is 1.85. The Kier molecular flexibility index (Phi) is 5.11. The summed E-state index contributed by atoms with van der Waals surface area (Å²) in [5.41, 5.74) is 0.371. The first kappa shape index (κ1) is 17.5. The first-order chi connectivity index (χ1) is 12.0.